The van der Waals surface area contributed by atoms with Crippen molar-refractivity contribution < 1.29 is 19.1 Å². The van der Waals surface area contributed by atoms with Crippen LogP contribution >= 0.6 is 0 Å². The van der Waals surface area contributed by atoms with Gasteiger partial charge in [-0.1, -0.05) is 48.5 Å². The lowest BCUT2D eigenvalue weighted by atomic mass is 10.1. The van der Waals surface area contributed by atoms with Crippen LogP contribution in [-0.4, -0.2) is 29.0 Å². The van der Waals surface area contributed by atoms with Crippen LogP contribution in [0.5, 0.6) is 0 Å². The zero-order valence-electron chi connectivity index (χ0n) is 15.6. The van der Waals surface area contributed by atoms with Gasteiger partial charge in [-0.2, -0.15) is 0 Å². The minimum Gasteiger partial charge on any atom is -0.448 e. The summed E-state index contributed by atoms with van der Waals surface area (Å²) in [6.07, 6.45) is -1.24. The molecule has 1 atom stereocenters. The van der Waals surface area contributed by atoms with Crippen molar-refractivity contribution in [3.63, 3.8) is 0 Å². The van der Waals surface area contributed by atoms with Gasteiger partial charge in [0.2, 0.25) is 0 Å². The quantitative estimate of drug-likeness (QED) is 0.574. The molecule has 2 aromatic carbocycles. The fourth-order valence-corrected chi connectivity index (χ4v) is 2.63. The van der Waals surface area contributed by atoms with Crippen molar-refractivity contribution in [2.24, 2.45) is 0 Å². The second kappa shape index (κ2) is 8.83. The van der Waals surface area contributed by atoms with Gasteiger partial charge in [0.15, 0.2) is 6.10 Å². The van der Waals surface area contributed by atoms with Gasteiger partial charge in [0.25, 0.3) is 11.5 Å². The summed E-state index contributed by atoms with van der Waals surface area (Å²) in [7, 11) is 0. The van der Waals surface area contributed by atoms with E-state index in [1.165, 1.54) is 13.0 Å². The summed E-state index contributed by atoms with van der Waals surface area (Å²) in [5, 5.41) is 5.65. The van der Waals surface area contributed by atoms with Crippen LogP contribution < -0.4 is 16.2 Å². The van der Waals surface area contributed by atoms with E-state index >= 15 is 0 Å². The molecule has 1 aromatic heterocycles. The maximum absolute atomic E-state index is 12.3. The molecule has 0 fully saturated rings. The zero-order valence-corrected chi connectivity index (χ0v) is 15.6. The van der Waals surface area contributed by atoms with Gasteiger partial charge >= 0.3 is 12.0 Å². The molecule has 0 aliphatic carbocycles. The summed E-state index contributed by atoms with van der Waals surface area (Å²) in [4.78, 5) is 50.7. The summed E-state index contributed by atoms with van der Waals surface area (Å²) in [6, 6.07) is 16.7. The number of amides is 3. The van der Waals surface area contributed by atoms with Crippen LogP contribution in [-0.2, 0) is 16.1 Å². The third-order valence-electron chi connectivity index (χ3n) is 4.16. The lowest BCUT2D eigenvalue weighted by Crippen LogP contribution is -2.44. The molecule has 0 unspecified atom stereocenters. The number of urea groups is 1. The first kappa shape index (κ1) is 19.8. The second-order valence-electron chi connectivity index (χ2n) is 6.30. The molecule has 0 saturated carbocycles. The summed E-state index contributed by atoms with van der Waals surface area (Å²) in [5.74, 6) is -1.66. The highest BCUT2D eigenvalue weighted by molar-refractivity contribution is 5.99. The van der Waals surface area contributed by atoms with Crippen molar-refractivity contribution in [3.05, 3.63) is 82.3 Å². The van der Waals surface area contributed by atoms with Crippen molar-refractivity contribution >= 4 is 28.7 Å². The van der Waals surface area contributed by atoms with E-state index < -0.39 is 29.6 Å². The second-order valence-corrected chi connectivity index (χ2v) is 6.30. The van der Waals surface area contributed by atoms with E-state index in [9.17, 15) is 19.2 Å². The van der Waals surface area contributed by atoms with Gasteiger partial charge in [-0.05, 0) is 30.0 Å². The zero-order chi connectivity index (χ0) is 20.8. The average molecular weight is 393 g/mol. The number of esters is 1. The number of aromatic amines is 1. The largest absolute Gasteiger partial charge is 0.448 e. The Morgan fingerprint density at radius 1 is 1.03 bits per heavy atom. The highest BCUT2D eigenvalue weighted by atomic mass is 16.5. The minimum atomic E-state index is -1.24. The number of H-pyrrole nitrogens is 1. The van der Waals surface area contributed by atoms with Gasteiger partial charge in [-0.15, -0.1) is 0 Å². The molecule has 3 rings (SSSR count). The van der Waals surface area contributed by atoms with E-state index in [1.54, 1.807) is 24.3 Å². The van der Waals surface area contributed by atoms with Crippen molar-refractivity contribution in [2.45, 2.75) is 19.6 Å². The molecule has 0 bridgehead atoms. The molecule has 0 aliphatic heterocycles. The first-order valence-electron chi connectivity index (χ1n) is 8.89. The maximum atomic E-state index is 12.3. The van der Waals surface area contributed by atoms with E-state index in [0.29, 0.717) is 10.8 Å². The van der Waals surface area contributed by atoms with E-state index in [4.69, 9.17) is 4.74 Å². The summed E-state index contributed by atoms with van der Waals surface area (Å²) < 4.78 is 5.06. The minimum absolute atomic E-state index is 0.0816. The van der Waals surface area contributed by atoms with Crippen LogP contribution in [0.4, 0.5) is 4.79 Å². The Morgan fingerprint density at radius 2 is 1.72 bits per heavy atom. The number of ether oxygens (including phenoxy) is 1. The van der Waals surface area contributed by atoms with Crippen LogP contribution in [0.2, 0.25) is 0 Å². The molecule has 8 nitrogen and oxygen atoms in total. The molecule has 3 N–H and O–H groups in total. The van der Waals surface area contributed by atoms with Crippen molar-refractivity contribution in [2.75, 3.05) is 0 Å². The molecule has 29 heavy (non-hydrogen) atoms. The number of carbonyl (C=O) groups excluding carboxylic acids is 3. The average Bonchev–Trinajstić information content (AvgIpc) is 2.73. The standard InChI is InChI=1S/C21H19N3O5/c1-13(18(25)24-21(28)22-12-14-7-3-2-4-8-14)29-20(27)17-11-15-9-5-6-10-16(15)19(26)23-17/h2-11,13H,12H2,1H3,(H,23,26)(H2,22,24,25,28)/t13-/m1/s1. The third-order valence-corrected chi connectivity index (χ3v) is 4.16. The van der Waals surface area contributed by atoms with E-state index in [1.807, 2.05) is 30.3 Å². The number of pyridine rings is 1. The Morgan fingerprint density at radius 3 is 2.48 bits per heavy atom. The predicted octanol–water partition coefficient (Wildman–Crippen LogP) is 2.10. The Kier molecular flexibility index (Phi) is 6.03. The Labute approximate surface area is 165 Å². The number of aromatic nitrogens is 1. The Balaban J connectivity index is 1.57. The number of benzene rings is 2. The van der Waals surface area contributed by atoms with Gasteiger partial charge in [0.05, 0.1) is 0 Å². The molecule has 0 aliphatic rings. The van der Waals surface area contributed by atoms with Crippen molar-refractivity contribution in [1.82, 2.24) is 15.6 Å². The van der Waals surface area contributed by atoms with Gasteiger partial charge in [0, 0.05) is 11.9 Å². The number of imide groups is 1. The third kappa shape index (κ3) is 5.07. The Hall–Kier alpha value is -3.94. The van der Waals surface area contributed by atoms with Crippen LogP contribution in [0.25, 0.3) is 10.8 Å². The van der Waals surface area contributed by atoms with Crippen molar-refractivity contribution in [1.29, 1.82) is 0 Å². The highest BCUT2D eigenvalue weighted by Gasteiger charge is 2.21. The molecule has 148 valence electrons. The van der Waals surface area contributed by atoms with E-state index in [0.717, 1.165) is 5.56 Å². The summed E-state index contributed by atoms with van der Waals surface area (Å²) in [6.45, 7) is 1.57. The van der Waals surface area contributed by atoms with Crippen LogP contribution in [0.15, 0.2) is 65.5 Å². The number of fused-ring (bicyclic) bond motifs is 1. The van der Waals surface area contributed by atoms with Gasteiger partial charge in [-0.25, -0.2) is 9.59 Å². The first-order chi connectivity index (χ1) is 13.9. The predicted molar refractivity (Wildman–Crippen MR) is 106 cm³/mol. The topological polar surface area (TPSA) is 117 Å². The smallest absolute Gasteiger partial charge is 0.355 e. The number of hydrogen-bond acceptors (Lipinski definition) is 5. The van der Waals surface area contributed by atoms with Gasteiger partial charge in [0.1, 0.15) is 5.69 Å². The van der Waals surface area contributed by atoms with Crippen molar-refractivity contribution in [3.8, 4) is 0 Å². The van der Waals surface area contributed by atoms with Gasteiger partial charge in [-0.3, -0.25) is 14.9 Å². The molecular formula is C21H19N3O5. The maximum Gasteiger partial charge on any atom is 0.355 e. The van der Waals surface area contributed by atoms with E-state index in [-0.39, 0.29) is 12.2 Å². The van der Waals surface area contributed by atoms with Crippen LogP contribution in [0, 0.1) is 0 Å². The molecule has 1 heterocycles. The molecule has 0 spiro atoms. The number of rotatable bonds is 5. The molecule has 0 saturated heterocycles. The van der Waals surface area contributed by atoms with Gasteiger partial charge < -0.3 is 15.0 Å². The molecular weight excluding hydrogens is 374 g/mol. The Bertz CT molecular complexity index is 1110. The van der Waals surface area contributed by atoms with Crippen LogP contribution in [0.3, 0.4) is 0 Å². The molecule has 3 amide bonds. The number of carbonyl (C=O) groups is 3. The fourth-order valence-electron chi connectivity index (χ4n) is 2.63. The first-order valence-corrected chi connectivity index (χ1v) is 8.89. The SMILES string of the molecule is C[C@@H](OC(=O)c1cc2ccccc2c(=O)[nH]1)C(=O)NC(=O)NCc1ccccc1. The molecule has 3 aromatic rings. The lowest BCUT2D eigenvalue weighted by molar-refractivity contribution is -0.127. The summed E-state index contributed by atoms with van der Waals surface area (Å²) >= 11 is 0. The number of nitrogens with one attached hydrogen (secondary N) is 3. The fraction of sp³-hybridized carbons (Fsp3) is 0.143. The normalized spacial score (nSPS) is 11.5. The van der Waals surface area contributed by atoms with Crippen LogP contribution in [0.1, 0.15) is 23.0 Å². The molecule has 8 heteroatoms. The monoisotopic (exact) mass is 393 g/mol. The number of hydrogen-bond donors (Lipinski definition) is 3. The summed E-state index contributed by atoms with van der Waals surface area (Å²) in [5.41, 5.74) is 0.351. The highest BCUT2D eigenvalue weighted by Crippen LogP contribution is 2.11. The lowest BCUT2D eigenvalue weighted by Gasteiger charge is -2.13. The molecule has 0 radical (unpaired) electrons. The van der Waals surface area contributed by atoms with E-state index in [2.05, 4.69) is 15.6 Å².